The topological polar surface area (TPSA) is 76.4 Å². The number of phenols is 1. The lowest BCUT2D eigenvalue weighted by atomic mass is 10.0. The number of rotatable bonds is 6. The number of nitrogens with zero attached hydrogens (tertiary/aromatic N) is 2. The lowest BCUT2D eigenvalue weighted by Crippen LogP contribution is -2.26. The number of nitrogens with one attached hydrogen (secondary N) is 1. The van der Waals surface area contributed by atoms with Crippen LogP contribution in [0, 0.1) is 0 Å². The quantitative estimate of drug-likeness (QED) is 0.479. The summed E-state index contributed by atoms with van der Waals surface area (Å²) in [6, 6.07) is 23.7. The van der Waals surface area contributed by atoms with Crippen molar-refractivity contribution in [1.29, 1.82) is 0 Å². The molecule has 0 saturated carbocycles. The molecule has 6 heteroatoms. The van der Waals surface area contributed by atoms with E-state index in [4.69, 9.17) is 9.84 Å². The highest BCUT2D eigenvalue weighted by Gasteiger charge is 2.22. The minimum Gasteiger partial charge on any atom is -0.508 e. The van der Waals surface area contributed by atoms with E-state index in [-0.39, 0.29) is 17.7 Å². The molecule has 0 aliphatic rings. The smallest absolute Gasteiger partial charge is 0.255 e. The number of phenolic OH excluding ortho intramolecular Hbond substituents is 1. The largest absolute Gasteiger partial charge is 0.508 e. The second-order valence-electron chi connectivity index (χ2n) is 7.16. The van der Waals surface area contributed by atoms with Crippen LogP contribution in [0.1, 0.15) is 28.9 Å². The maximum absolute atomic E-state index is 13.3. The fourth-order valence-corrected chi connectivity index (χ4v) is 3.44. The molecule has 2 N–H and O–H groups in total. The molecule has 0 saturated heterocycles. The van der Waals surface area contributed by atoms with Crippen molar-refractivity contribution in [3.05, 3.63) is 96.2 Å². The summed E-state index contributed by atoms with van der Waals surface area (Å²) in [6.45, 7) is 1.87. The van der Waals surface area contributed by atoms with Crippen LogP contribution < -0.4 is 10.1 Å². The highest BCUT2D eigenvalue weighted by molar-refractivity contribution is 6.00. The number of aromatic nitrogens is 2. The van der Waals surface area contributed by atoms with E-state index >= 15 is 0 Å². The van der Waals surface area contributed by atoms with Crippen molar-refractivity contribution in [2.24, 2.45) is 0 Å². The van der Waals surface area contributed by atoms with Crippen molar-refractivity contribution in [2.45, 2.75) is 13.0 Å². The summed E-state index contributed by atoms with van der Waals surface area (Å²) >= 11 is 0. The Labute approximate surface area is 180 Å². The van der Waals surface area contributed by atoms with Gasteiger partial charge in [-0.05, 0) is 48.9 Å². The normalized spacial score (nSPS) is 11.7. The lowest BCUT2D eigenvalue weighted by Gasteiger charge is -2.15. The molecule has 0 radical (unpaired) electrons. The van der Waals surface area contributed by atoms with Crippen LogP contribution in [-0.4, -0.2) is 27.9 Å². The van der Waals surface area contributed by atoms with Crippen molar-refractivity contribution in [1.82, 2.24) is 15.1 Å². The maximum atomic E-state index is 13.3. The SMILES string of the molecule is COc1ccccc1-c1nn(-c2ccccc2)cc1C(=O)NC(C)c1cccc(O)c1. The van der Waals surface area contributed by atoms with Crippen LogP contribution in [0.5, 0.6) is 11.5 Å². The van der Waals surface area contributed by atoms with Gasteiger partial charge in [-0.1, -0.05) is 42.5 Å². The first-order chi connectivity index (χ1) is 15.1. The van der Waals surface area contributed by atoms with Gasteiger partial charge in [-0.25, -0.2) is 4.68 Å². The number of carbonyl (C=O) groups excluding carboxylic acids is 1. The Morgan fingerprint density at radius 3 is 2.52 bits per heavy atom. The van der Waals surface area contributed by atoms with E-state index in [0.29, 0.717) is 17.0 Å². The Morgan fingerprint density at radius 2 is 1.77 bits per heavy atom. The van der Waals surface area contributed by atoms with Crippen LogP contribution in [0.2, 0.25) is 0 Å². The van der Waals surface area contributed by atoms with Crippen LogP contribution in [0.4, 0.5) is 0 Å². The van der Waals surface area contributed by atoms with Crippen molar-refractivity contribution >= 4 is 5.91 Å². The lowest BCUT2D eigenvalue weighted by molar-refractivity contribution is 0.0940. The fourth-order valence-electron chi connectivity index (χ4n) is 3.44. The van der Waals surface area contributed by atoms with Crippen LogP contribution in [0.15, 0.2) is 85.1 Å². The molecule has 4 rings (SSSR count). The fraction of sp³-hybridized carbons (Fsp3) is 0.120. The predicted octanol–water partition coefficient (Wildman–Crippen LogP) is 4.74. The number of amides is 1. The first kappa shape index (κ1) is 20.2. The number of carbonyl (C=O) groups is 1. The van der Waals surface area contributed by atoms with Gasteiger partial charge < -0.3 is 15.2 Å². The highest BCUT2D eigenvalue weighted by Crippen LogP contribution is 2.32. The highest BCUT2D eigenvalue weighted by atomic mass is 16.5. The Kier molecular flexibility index (Phi) is 5.71. The number of hydrogen-bond donors (Lipinski definition) is 2. The molecule has 0 aliphatic heterocycles. The number of hydrogen-bond acceptors (Lipinski definition) is 4. The molecule has 6 nitrogen and oxygen atoms in total. The maximum Gasteiger partial charge on any atom is 0.255 e. The van der Waals surface area contributed by atoms with Gasteiger partial charge in [0.25, 0.3) is 5.91 Å². The van der Waals surface area contributed by atoms with Crippen LogP contribution >= 0.6 is 0 Å². The summed E-state index contributed by atoms with van der Waals surface area (Å²) in [5.74, 6) is 0.528. The molecule has 0 aliphatic carbocycles. The van der Waals surface area contributed by atoms with Gasteiger partial charge in [-0.3, -0.25) is 4.79 Å². The Balaban J connectivity index is 1.74. The first-order valence-corrected chi connectivity index (χ1v) is 9.95. The van der Waals surface area contributed by atoms with Gasteiger partial charge in [-0.2, -0.15) is 5.10 Å². The molecule has 0 spiro atoms. The molecule has 0 bridgehead atoms. The second-order valence-corrected chi connectivity index (χ2v) is 7.16. The van der Waals surface area contributed by atoms with E-state index in [9.17, 15) is 9.90 Å². The van der Waals surface area contributed by atoms with Gasteiger partial charge in [0.15, 0.2) is 0 Å². The van der Waals surface area contributed by atoms with Crippen molar-refractivity contribution in [2.75, 3.05) is 7.11 Å². The van der Waals surface area contributed by atoms with Crippen molar-refractivity contribution in [3.63, 3.8) is 0 Å². The molecule has 31 heavy (non-hydrogen) atoms. The molecule has 0 fully saturated rings. The van der Waals surface area contributed by atoms with Gasteiger partial charge in [0, 0.05) is 11.8 Å². The van der Waals surface area contributed by atoms with Gasteiger partial charge >= 0.3 is 0 Å². The molecule has 1 atom stereocenters. The first-order valence-electron chi connectivity index (χ1n) is 9.95. The average Bonchev–Trinajstić information content (AvgIpc) is 3.25. The van der Waals surface area contributed by atoms with Crippen molar-refractivity contribution < 1.29 is 14.6 Å². The van der Waals surface area contributed by atoms with Gasteiger partial charge in [-0.15, -0.1) is 0 Å². The van der Waals surface area contributed by atoms with E-state index in [2.05, 4.69) is 5.32 Å². The van der Waals surface area contributed by atoms with Crippen LogP contribution in [0.25, 0.3) is 16.9 Å². The molecule has 1 amide bonds. The third-order valence-electron chi connectivity index (χ3n) is 5.06. The van der Waals surface area contributed by atoms with Gasteiger partial charge in [0.2, 0.25) is 0 Å². The third-order valence-corrected chi connectivity index (χ3v) is 5.06. The zero-order valence-corrected chi connectivity index (χ0v) is 17.3. The molecular formula is C25H23N3O3. The number of benzene rings is 3. The molecule has 156 valence electrons. The van der Waals surface area contributed by atoms with E-state index in [1.165, 1.54) is 0 Å². The van der Waals surface area contributed by atoms with Crippen LogP contribution in [0.3, 0.4) is 0 Å². The molecule has 1 heterocycles. The molecule has 3 aromatic carbocycles. The number of ether oxygens (including phenoxy) is 1. The predicted molar refractivity (Wildman–Crippen MR) is 120 cm³/mol. The summed E-state index contributed by atoms with van der Waals surface area (Å²) in [5, 5.41) is 17.5. The summed E-state index contributed by atoms with van der Waals surface area (Å²) in [7, 11) is 1.59. The van der Waals surface area contributed by atoms with Crippen molar-refractivity contribution in [3.8, 4) is 28.4 Å². The standard InChI is InChI=1S/C25H23N3O3/c1-17(18-9-8-12-20(29)15-18)26-25(30)22-16-28(19-10-4-3-5-11-19)27-24(22)21-13-6-7-14-23(21)31-2/h3-17,29H,1-2H3,(H,26,30). The van der Waals surface area contributed by atoms with Gasteiger partial charge in [0.05, 0.1) is 24.4 Å². The summed E-state index contributed by atoms with van der Waals surface area (Å²) in [6.07, 6.45) is 1.72. The Morgan fingerprint density at radius 1 is 1.03 bits per heavy atom. The van der Waals surface area contributed by atoms with E-state index in [0.717, 1.165) is 16.8 Å². The average molecular weight is 413 g/mol. The van der Waals surface area contributed by atoms with E-state index in [1.807, 2.05) is 67.6 Å². The monoisotopic (exact) mass is 413 g/mol. The summed E-state index contributed by atoms with van der Waals surface area (Å²) < 4.78 is 7.19. The molecular weight excluding hydrogens is 390 g/mol. The molecule has 1 unspecified atom stereocenters. The van der Waals surface area contributed by atoms with Gasteiger partial charge in [0.1, 0.15) is 17.2 Å². The number of aromatic hydroxyl groups is 1. The minimum absolute atomic E-state index is 0.158. The third kappa shape index (κ3) is 4.28. The number of methoxy groups -OCH3 is 1. The van der Waals surface area contributed by atoms with E-state index in [1.54, 1.807) is 36.2 Å². The summed E-state index contributed by atoms with van der Waals surface area (Å²) in [4.78, 5) is 13.3. The zero-order valence-electron chi connectivity index (χ0n) is 17.3. The second kappa shape index (κ2) is 8.75. The molecule has 4 aromatic rings. The Bertz CT molecular complexity index is 1200. The minimum atomic E-state index is -0.301. The summed E-state index contributed by atoms with van der Waals surface area (Å²) in [5.41, 5.74) is 3.35. The van der Waals surface area contributed by atoms with Crippen LogP contribution in [-0.2, 0) is 0 Å². The number of para-hydroxylation sites is 2. The molecule has 1 aromatic heterocycles. The Hall–Kier alpha value is -4.06. The zero-order chi connectivity index (χ0) is 21.8. The van der Waals surface area contributed by atoms with E-state index < -0.39 is 0 Å².